The zero-order chi connectivity index (χ0) is 10.1. The highest BCUT2D eigenvalue weighted by atomic mass is 31.2. The third-order valence-corrected chi connectivity index (χ3v) is 2.78. The van der Waals surface area contributed by atoms with Crippen molar-refractivity contribution in [2.45, 2.75) is 0 Å². The van der Waals surface area contributed by atoms with Crippen LogP contribution in [-0.2, 0) is 0 Å². The van der Waals surface area contributed by atoms with Crippen LogP contribution in [0, 0.1) is 0 Å². The Balaban J connectivity index is 3.00. The Hall–Kier alpha value is -0.730. The lowest BCUT2D eigenvalue weighted by Gasteiger charge is -2.16. The Morgan fingerprint density at radius 3 is 2.23 bits per heavy atom. The first-order chi connectivity index (χ1) is 5.96. The number of hydrogen-bond acceptors (Lipinski definition) is 3. The first-order valence-corrected chi connectivity index (χ1v) is 5.52. The van der Waals surface area contributed by atoms with E-state index in [-0.39, 0.29) is 0 Å². The monoisotopic (exact) mass is 203 g/mol. The van der Waals surface area contributed by atoms with Crippen molar-refractivity contribution in [2.75, 3.05) is 27.2 Å². The molecule has 5 nitrogen and oxygen atoms in total. The van der Waals surface area contributed by atoms with Crippen molar-refractivity contribution in [2.24, 2.45) is 4.76 Å². The molecule has 0 amide bonds. The van der Waals surface area contributed by atoms with Gasteiger partial charge in [0.25, 0.3) is 7.49 Å². The fourth-order valence-electron chi connectivity index (χ4n) is 1.10. The second-order valence-corrected chi connectivity index (χ2v) is 4.62. The summed E-state index contributed by atoms with van der Waals surface area (Å²) in [7, 11) is 0.301. The molecule has 1 fully saturated rings. The van der Waals surface area contributed by atoms with E-state index in [0.717, 1.165) is 13.1 Å². The maximum atomic E-state index is 9.27. The Labute approximate surface area is 77.8 Å². The SMILES string of the molecule is C=C=P(O)(O)N=C1N(C)CCN1C. The molecule has 1 aliphatic rings. The van der Waals surface area contributed by atoms with Crippen molar-refractivity contribution in [3.05, 3.63) is 6.58 Å². The molecule has 0 spiro atoms. The van der Waals surface area contributed by atoms with E-state index in [1.165, 1.54) is 0 Å². The van der Waals surface area contributed by atoms with Crippen LogP contribution in [0.4, 0.5) is 0 Å². The highest BCUT2D eigenvalue weighted by Gasteiger charge is 2.22. The maximum absolute atomic E-state index is 9.27. The van der Waals surface area contributed by atoms with E-state index in [1.807, 2.05) is 23.9 Å². The third-order valence-electron chi connectivity index (χ3n) is 1.89. The van der Waals surface area contributed by atoms with E-state index in [1.54, 1.807) is 0 Å². The smallest absolute Gasteiger partial charge is 0.283 e. The van der Waals surface area contributed by atoms with Gasteiger partial charge in [-0.25, -0.2) is 0 Å². The topological polar surface area (TPSA) is 59.3 Å². The Morgan fingerprint density at radius 1 is 1.38 bits per heavy atom. The van der Waals surface area contributed by atoms with Crippen LogP contribution in [0.1, 0.15) is 0 Å². The van der Waals surface area contributed by atoms with E-state index in [4.69, 9.17) is 0 Å². The Morgan fingerprint density at radius 2 is 1.85 bits per heavy atom. The lowest BCUT2D eigenvalue weighted by molar-refractivity contribution is 0.474. The van der Waals surface area contributed by atoms with Crippen LogP contribution in [0.3, 0.4) is 0 Å². The van der Waals surface area contributed by atoms with Gasteiger partial charge in [-0.15, -0.1) is 0 Å². The highest BCUT2D eigenvalue weighted by molar-refractivity contribution is 7.62. The van der Waals surface area contributed by atoms with Gasteiger partial charge in [0.1, 0.15) is 0 Å². The summed E-state index contributed by atoms with van der Waals surface area (Å²) in [5, 5.41) is 0. The van der Waals surface area contributed by atoms with Gasteiger partial charge >= 0.3 is 0 Å². The van der Waals surface area contributed by atoms with E-state index in [9.17, 15) is 9.79 Å². The Kier molecular flexibility index (Phi) is 2.84. The summed E-state index contributed by atoms with van der Waals surface area (Å²) in [6.07, 6.45) is 0. The molecule has 2 N–H and O–H groups in total. The van der Waals surface area contributed by atoms with Crippen molar-refractivity contribution in [3.63, 3.8) is 0 Å². The molecule has 1 saturated heterocycles. The van der Waals surface area contributed by atoms with E-state index in [2.05, 4.69) is 16.8 Å². The number of nitrogens with zero attached hydrogens (tertiary/aromatic N) is 3. The van der Waals surface area contributed by atoms with Gasteiger partial charge in [-0.3, -0.25) is 0 Å². The molecule has 6 heteroatoms. The summed E-state index contributed by atoms with van der Waals surface area (Å²) in [5.74, 6) is 0.578. The van der Waals surface area contributed by atoms with Crippen LogP contribution in [0.25, 0.3) is 0 Å². The summed E-state index contributed by atoms with van der Waals surface area (Å²) in [5.41, 5.74) is 2.14. The molecule has 0 aromatic heterocycles. The summed E-state index contributed by atoms with van der Waals surface area (Å²) >= 11 is 0. The summed E-state index contributed by atoms with van der Waals surface area (Å²) < 4.78 is 3.81. The van der Waals surface area contributed by atoms with E-state index >= 15 is 0 Å². The lowest BCUT2D eigenvalue weighted by Crippen LogP contribution is -2.28. The van der Waals surface area contributed by atoms with Gasteiger partial charge in [0, 0.05) is 27.2 Å². The van der Waals surface area contributed by atoms with Crippen LogP contribution < -0.4 is 0 Å². The average molecular weight is 203 g/mol. The molecular formula is C7H14N3O2P. The van der Waals surface area contributed by atoms with Crippen molar-refractivity contribution < 1.29 is 9.79 Å². The number of guanidine groups is 1. The predicted octanol–water partition coefficient (Wildman–Crippen LogP) is -0.446. The van der Waals surface area contributed by atoms with Gasteiger partial charge in [-0.2, -0.15) is 4.76 Å². The van der Waals surface area contributed by atoms with Crippen LogP contribution in [0.5, 0.6) is 0 Å². The summed E-state index contributed by atoms with van der Waals surface area (Å²) in [4.78, 5) is 22.3. The molecule has 0 bridgehead atoms. The molecule has 0 aliphatic carbocycles. The van der Waals surface area contributed by atoms with Crippen molar-refractivity contribution >= 4 is 18.9 Å². The summed E-state index contributed by atoms with van der Waals surface area (Å²) in [6, 6.07) is 0. The van der Waals surface area contributed by atoms with Crippen molar-refractivity contribution in [3.8, 4) is 0 Å². The highest BCUT2D eigenvalue weighted by Crippen LogP contribution is 2.37. The second-order valence-electron chi connectivity index (χ2n) is 2.97. The normalized spacial score (nSPS) is 17.7. The molecule has 0 aromatic carbocycles. The van der Waals surface area contributed by atoms with Gasteiger partial charge in [-0.05, 0) is 0 Å². The first kappa shape index (κ1) is 10.4. The zero-order valence-electron chi connectivity index (χ0n) is 7.80. The van der Waals surface area contributed by atoms with Crippen LogP contribution in [-0.4, -0.2) is 58.2 Å². The zero-order valence-corrected chi connectivity index (χ0v) is 8.70. The van der Waals surface area contributed by atoms with Gasteiger partial charge in [0.05, 0.1) is 0 Å². The molecule has 0 aromatic rings. The number of likely N-dealkylation sites (N-methyl/N-ethyl adjacent to an activating group) is 2. The minimum Gasteiger partial charge on any atom is -0.344 e. The van der Waals surface area contributed by atoms with Crippen molar-refractivity contribution in [1.82, 2.24) is 9.80 Å². The summed E-state index contributed by atoms with van der Waals surface area (Å²) in [6.45, 7) is 4.88. The van der Waals surface area contributed by atoms with Crippen LogP contribution >= 0.6 is 7.49 Å². The van der Waals surface area contributed by atoms with Crippen LogP contribution in [0.2, 0.25) is 0 Å². The molecular weight excluding hydrogens is 189 g/mol. The standard InChI is InChI=1S/C7H14N3O2P/c1-4-13(11,12)8-7-9(2)5-6-10(7)3/h11-12H,1,5-6H2,2-3H3. The number of hydrogen-bond donors (Lipinski definition) is 2. The second kappa shape index (κ2) is 3.56. The fourth-order valence-corrected chi connectivity index (χ4v) is 1.73. The molecule has 0 radical (unpaired) electrons. The molecule has 74 valence electrons. The first-order valence-electron chi connectivity index (χ1n) is 3.87. The average Bonchev–Trinajstić information content (AvgIpc) is 2.36. The third kappa shape index (κ3) is 2.36. The van der Waals surface area contributed by atoms with Gasteiger partial charge in [-0.1, -0.05) is 12.0 Å². The molecule has 1 aliphatic heterocycles. The minimum atomic E-state index is -3.40. The van der Waals surface area contributed by atoms with Crippen molar-refractivity contribution in [1.29, 1.82) is 0 Å². The fraction of sp³-hybridized carbons (Fsp3) is 0.571. The van der Waals surface area contributed by atoms with Gasteiger partial charge in [0.2, 0.25) is 5.96 Å². The Bertz CT molecular complexity index is 291. The molecule has 0 unspecified atom stereocenters. The largest absolute Gasteiger partial charge is 0.344 e. The quantitative estimate of drug-likeness (QED) is 0.567. The van der Waals surface area contributed by atoms with E-state index in [0.29, 0.717) is 5.96 Å². The predicted molar refractivity (Wildman–Crippen MR) is 54.7 cm³/mol. The molecule has 13 heavy (non-hydrogen) atoms. The lowest BCUT2D eigenvalue weighted by atomic mass is 10.6. The number of rotatable bonds is 1. The van der Waals surface area contributed by atoms with Crippen LogP contribution in [0.15, 0.2) is 11.3 Å². The van der Waals surface area contributed by atoms with Gasteiger partial charge in [0.15, 0.2) is 0 Å². The molecule has 1 heterocycles. The van der Waals surface area contributed by atoms with Gasteiger partial charge < -0.3 is 19.6 Å². The molecule has 1 rings (SSSR count). The van der Waals surface area contributed by atoms with E-state index < -0.39 is 7.49 Å². The molecule has 0 atom stereocenters. The maximum Gasteiger partial charge on any atom is 0.283 e. The molecule has 0 saturated carbocycles. The minimum absolute atomic E-state index is 0.578.